The lowest BCUT2D eigenvalue weighted by Crippen LogP contribution is -2.54. The molecule has 2 aromatic heterocycles. The normalized spacial score (nSPS) is 16.7. The van der Waals surface area contributed by atoms with Crippen LogP contribution < -0.4 is 10.2 Å². The molecule has 3 heterocycles. The van der Waals surface area contributed by atoms with Gasteiger partial charge in [0, 0.05) is 62.0 Å². The van der Waals surface area contributed by atoms with Crippen molar-refractivity contribution in [3.8, 4) is 6.07 Å². The molecule has 140 valence electrons. The molecule has 1 saturated heterocycles. The number of hydrogen-bond acceptors (Lipinski definition) is 7. The molecule has 2 amide bonds. The summed E-state index contributed by atoms with van der Waals surface area (Å²) in [5, 5.41) is 15.6. The summed E-state index contributed by atoms with van der Waals surface area (Å²) < 4.78 is 0. The molecule has 0 aromatic carbocycles. The highest BCUT2D eigenvalue weighted by Gasteiger charge is 2.29. The molecule has 0 spiro atoms. The number of nitrogens with zero attached hydrogens (tertiary/aromatic N) is 5. The van der Waals surface area contributed by atoms with E-state index in [1.807, 2.05) is 22.1 Å². The maximum absolute atomic E-state index is 12.5. The van der Waals surface area contributed by atoms with Crippen LogP contribution in [-0.2, 0) is 4.79 Å². The molecule has 2 aromatic rings. The molecular weight excluding hydrogens is 364 g/mol. The molecule has 0 radical (unpaired) electrons. The van der Waals surface area contributed by atoms with Crippen LogP contribution in [0.2, 0.25) is 0 Å². The van der Waals surface area contributed by atoms with Crippen LogP contribution >= 0.6 is 11.3 Å². The van der Waals surface area contributed by atoms with E-state index in [1.165, 1.54) is 17.5 Å². The maximum Gasteiger partial charge on any atom is 0.252 e. The van der Waals surface area contributed by atoms with Crippen molar-refractivity contribution in [3.05, 3.63) is 40.5 Å². The molecule has 3 rings (SSSR count). The first-order valence-corrected chi connectivity index (χ1v) is 9.60. The quantitative estimate of drug-likeness (QED) is 0.833. The van der Waals surface area contributed by atoms with Gasteiger partial charge in [-0.15, -0.1) is 0 Å². The van der Waals surface area contributed by atoms with Gasteiger partial charge in [-0.1, -0.05) is 0 Å². The highest BCUT2D eigenvalue weighted by Crippen LogP contribution is 2.19. The van der Waals surface area contributed by atoms with Crippen LogP contribution in [0.1, 0.15) is 29.4 Å². The van der Waals surface area contributed by atoms with E-state index in [4.69, 9.17) is 0 Å². The summed E-state index contributed by atoms with van der Waals surface area (Å²) in [5.74, 6) is 0.406. The Balaban J connectivity index is 1.51. The minimum Gasteiger partial charge on any atom is -0.351 e. The fraction of sp³-hybridized carbons (Fsp3) is 0.389. The van der Waals surface area contributed by atoms with E-state index in [1.54, 1.807) is 17.6 Å². The van der Waals surface area contributed by atoms with E-state index in [0.717, 1.165) is 0 Å². The lowest BCUT2D eigenvalue weighted by molar-refractivity contribution is -0.133. The summed E-state index contributed by atoms with van der Waals surface area (Å²) in [6, 6.07) is 3.79. The van der Waals surface area contributed by atoms with E-state index in [-0.39, 0.29) is 24.3 Å². The van der Waals surface area contributed by atoms with Crippen LogP contribution in [0.25, 0.3) is 0 Å². The van der Waals surface area contributed by atoms with Gasteiger partial charge in [-0.2, -0.15) is 16.6 Å². The summed E-state index contributed by atoms with van der Waals surface area (Å²) in [6.45, 7) is 3.99. The number of rotatable bonds is 5. The van der Waals surface area contributed by atoms with Crippen molar-refractivity contribution in [2.75, 3.05) is 31.1 Å². The minimum atomic E-state index is -0.159. The summed E-state index contributed by atoms with van der Waals surface area (Å²) >= 11 is 1.46. The number of hydrogen-bond donors (Lipinski definition) is 1. The standard InChI is InChI=1S/C18H20N6O2S/c1-13-11-23(17-15(10-19)20-5-6-21-17)7-8-24(13)16(25)2-4-22-18(26)14-3-9-27-12-14/h3,5-6,9,12-13H,2,4,7-8,11H2,1H3,(H,22,26)/t13-/m1/s1. The van der Waals surface area contributed by atoms with Crippen molar-refractivity contribution < 1.29 is 9.59 Å². The van der Waals surface area contributed by atoms with Crippen LogP contribution in [0, 0.1) is 11.3 Å². The van der Waals surface area contributed by atoms with E-state index in [2.05, 4.69) is 21.4 Å². The van der Waals surface area contributed by atoms with Gasteiger partial charge in [0.05, 0.1) is 0 Å². The zero-order chi connectivity index (χ0) is 19.2. The zero-order valence-electron chi connectivity index (χ0n) is 15.0. The highest BCUT2D eigenvalue weighted by molar-refractivity contribution is 7.08. The Labute approximate surface area is 161 Å². The number of anilines is 1. The van der Waals surface area contributed by atoms with Gasteiger partial charge in [-0.25, -0.2) is 9.97 Å². The van der Waals surface area contributed by atoms with Crippen molar-refractivity contribution in [2.24, 2.45) is 0 Å². The Morgan fingerprint density at radius 3 is 2.89 bits per heavy atom. The first-order chi connectivity index (χ1) is 13.1. The average molecular weight is 384 g/mol. The van der Waals surface area contributed by atoms with E-state index >= 15 is 0 Å². The van der Waals surface area contributed by atoms with Crippen LogP contribution in [0.3, 0.4) is 0 Å². The maximum atomic E-state index is 12.5. The number of piperazine rings is 1. The molecule has 1 fully saturated rings. The number of thiophene rings is 1. The molecule has 1 N–H and O–H groups in total. The summed E-state index contributed by atoms with van der Waals surface area (Å²) in [6.07, 6.45) is 3.32. The fourth-order valence-electron chi connectivity index (χ4n) is 3.08. The van der Waals surface area contributed by atoms with Crippen molar-refractivity contribution in [1.29, 1.82) is 5.26 Å². The fourth-order valence-corrected chi connectivity index (χ4v) is 3.72. The molecule has 0 unspecified atom stereocenters. The minimum absolute atomic E-state index is 0.00687. The second kappa shape index (κ2) is 8.60. The van der Waals surface area contributed by atoms with Crippen molar-refractivity contribution >= 4 is 29.0 Å². The Morgan fingerprint density at radius 2 is 2.19 bits per heavy atom. The molecule has 0 saturated carbocycles. The Hall–Kier alpha value is -2.99. The number of amides is 2. The topological polar surface area (TPSA) is 102 Å². The van der Waals surface area contributed by atoms with Crippen LogP contribution in [0.4, 0.5) is 5.82 Å². The Kier molecular flexibility index (Phi) is 5.98. The molecule has 8 nitrogen and oxygen atoms in total. The lowest BCUT2D eigenvalue weighted by Gasteiger charge is -2.40. The van der Waals surface area contributed by atoms with Crippen LogP contribution in [0.5, 0.6) is 0 Å². The summed E-state index contributed by atoms with van der Waals surface area (Å²) in [5.41, 5.74) is 0.910. The van der Waals surface area contributed by atoms with Gasteiger partial charge in [0.15, 0.2) is 11.5 Å². The van der Waals surface area contributed by atoms with Crippen LogP contribution in [-0.4, -0.2) is 58.9 Å². The van der Waals surface area contributed by atoms with Crippen molar-refractivity contribution in [3.63, 3.8) is 0 Å². The molecule has 0 bridgehead atoms. The molecule has 1 aliphatic rings. The van der Waals surface area contributed by atoms with Gasteiger partial charge in [0.25, 0.3) is 5.91 Å². The van der Waals surface area contributed by atoms with E-state index < -0.39 is 0 Å². The van der Waals surface area contributed by atoms with Crippen molar-refractivity contribution in [1.82, 2.24) is 20.2 Å². The number of carbonyl (C=O) groups excluding carboxylic acids is 2. The Bertz CT molecular complexity index is 848. The van der Waals surface area contributed by atoms with Crippen molar-refractivity contribution in [2.45, 2.75) is 19.4 Å². The Morgan fingerprint density at radius 1 is 1.37 bits per heavy atom. The first-order valence-electron chi connectivity index (χ1n) is 8.66. The number of nitriles is 1. The lowest BCUT2D eigenvalue weighted by atomic mass is 10.1. The molecule has 0 aliphatic carbocycles. The van der Waals surface area contributed by atoms with Gasteiger partial charge >= 0.3 is 0 Å². The van der Waals surface area contributed by atoms with Crippen LogP contribution in [0.15, 0.2) is 29.2 Å². The number of carbonyl (C=O) groups is 2. The smallest absolute Gasteiger partial charge is 0.252 e. The summed E-state index contributed by atoms with van der Waals surface area (Å²) in [4.78, 5) is 36.5. The van der Waals surface area contributed by atoms with Gasteiger partial charge in [0.2, 0.25) is 5.91 Å². The predicted molar refractivity (Wildman–Crippen MR) is 101 cm³/mol. The van der Waals surface area contributed by atoms with Gasteiger partial charge in [0.1, 0.15) is 6.07 Å². The molecule has 9 heteroatoms. The second-order valence-corrected chi connectivity index (χ2v) is 7.02. The molecule has 1 aliphatic heterocycles. The zero-order valence-corrected chi connectivity index (χ0v) is 15.8. The predicted octanol–water partition coefficient (Wildman–Crippen LogP) is 1.27. The van der Waals surface area contributed by atoms with Gasteiger partial charge in [-0.05, 0) is 18.4 Å². The van der Waals surface area contributed by atoms with E-state index in [0.29, 0.717) is 43.3 Å². The third-order valence-corrected chi connectivity index (χ3v) is 5.12. The van der Waals surface area contributed by atoms with Gasteiger partial charge < -0.3 is 15.1 Å². The molecular formula is C18H20N6O2S. The first kappa shape index (κ1) is 18.8. The largest absolute Gasteiger partial charge is 0.351 e. The number of nitrogens with one attached hydrogen (secondary N) is 1. The third-order valence-electron chi connectivity index (χ3n) is 4.44. The molecule has 1 atom stereocenters. The van der Waals surface area contributed by atoms with E-state index in [9.17, 15) is 14.9 Å². The SMILES string of the molecule is C[C@@H]1CN(c2nccnc2C#N)CCN1C(=O)CCNC(=O)c1ccsc1. The molecule has 27 heavy (non-hydrogen) atoms. The average Bonchev–Trinajstić information content (AvgIpc) is 3.22. The third kappa shape index (κ3) is 4.41. The highest BCUT2D eigenvalue weighted by atomic mass is 32.1. The van der Waals surface area contributed by atoms with Gasteiger partial charge in [-0.3, -0.25) is 9.59 Å². The summed E-state index contributed by atoms with van der Waals surface area (Å²) in [7, 11) is 0. The second-order valence-electron chi connectivity index (χ2n) is 6.24. The number of aromatic nitrogens is 2. The monoisotopic (exact) mass is 384 g/mol.